The largest absolute Gasteiger partial charge is 0.472 e. The van der Waals surface area contributed by atoms with Gasteiger partial charge in [0, 0.05) is 25.7 Å². The smallest absolute Gasteiger partial charge is 0.462 e. The molecule has 0 saturated carbocycles. The number of aliphatic hydroxyl groups excluding tert-OH is 1. The van der Waals surface area contributed by atoms with Crippen LogP contribution in [-0.4, -0.2) is 96.7 Å². The Bertz CT molecular complexity index is 2280. The number of hydrogen-bond donors (Lipinski definition) is 3. The number of allylic oxidation sites excluding steroid dienone is 12. The first-order valence-electron chi connectivity index (χ1n) is 43.2. The third-order valence-electron chi connectivity index (χ3n) is 18.7. The Morgan fingerprint density at radius 2 is 0.472 bits per heavy atom. The standard InChI is InChI=1S/C87H158O17P2/c1-5-9-13-17-21-25-29-33-37-40-44-48-52-56-60-64-68-72-85(90)98-78-83(104-87(92)74-70-66-62-58-54-50-46-42-39-35-31-27-23-19-15-11-7-3)80-102-106(95,96)100-76-81(88)75-99-105(93,94)101-79-82(77-97-84(89)71-67-63-59-55-51-47-43-36-32-28-24-20-16-12-8-4)103-86(91)73-69-65-61-57-53-49-45-41-38-34-30-26-22-18-14-10-6-2/h21,24-25,28,33,36-37,43-44,48,56,60,81-83,88H,5-20,22-23,26-27,29-32,34-35,38-42,45-47,49-55,57-59,61-80H2,1-4H3,(H,93,94)(H,95,96)/b25-21-,28-24-,37-33-,43-36-,48-44-,60-56-/t81-,82+,83+/m0/s1. The van der Waals surface area contributed by atoms with Gasteiger partial charge in [-0.25, -0.2) is 9.13 Å². The van der Waals surface area contributed by atoms with Crippen molar-refractivity contribution in [2.45, 2.75) is 418 Å². The van der Waals surface area contributed by atoms with Crippen LogP contribution in [0.25, 0.3) is 0 Å². The number of phosphoric ester groups is 2. The summed E-state index contributed by atoms with van der Waals surface area (Å²) in [5.41, 5.74) is 0. The van der Waals surface area contributed by atoms with Crippen molar-refractivity contribution in [2.24, 2.45) is 0 Å². The molecule has 0 fully saturated rings. The molecule has 618 valence electrons. The first-order chi connectivity index (χ1) is 51.7. The Labute approximate surface area is 647 Å². The van der Waals surface area contributed by atoms with Gasteiger partial charge in [-0.2, -0.15) is 0 Å². The van der Waals surface area contributed by atoms with E-state index in [9.17, 15) is 43.2 Å². The topological polar surface area (TPSA) is 237 Å². The molecule has 0 spiro atoms. The normalized spacial score (nSPS) is 14.1. The van der Waals surface area contributed by atoms with Crippen LogP contribution in [0.1, 0.15) is 400 Å². The van der Waals surface area contributed by atoms with Gasteiger partial charge in [0.2, 0.25) is 0 Å². The van der Waals surface area contributed by atoms with Crippen LogP contribution < -0.4 is 0 Å². The van der Waals surface area contributed by atoms with Crippen LogP contribution >= 0.6 is 15.6 Å². The molecule has 0 aliphatic heterocycles. The summed E-state index contributed by atoms with van der Waals surface area (Å²) in [5.74, 6) is -2.21. The molecule has 106 heavy (non-hydrogen) atoms. The molecule has 0 saturated heterocycles. The average molecular weight is 1540 g/mol. The fraction of sp³-hybridized carbons (Fsp3) is 0.816. The fourth-order valence-electron chi connectivity index (χ4n) is 12.1. The van der Waals surface area contributed by atoms with Crippen molar-refractivity contribution in [3.63, 3.8) is 0 Å². The molecule has 3 N–H and O–H groups in total. The molecule has 0 rings (SSSR count). The van der Waals surface area contributed by atoms with Crippen molar-refractivity contribution in [1.29, 1.82) is 0 Å². The number of hydrogen-bond acceptors (Lipinski definition) is 15. The predicted molar refractivity (Wildman–Crippen MR) is 436 cm³/mol. The highest BCUT2D eigenvalue weighted by Crippen LogP contribution is 2.45. The van der Waals surface area contributed by atoms with Crippen LogP contribution in [0.15, 0.2) is 72.9 Å². The molecule has 0 aromatic carbocycles. The van der Waals surface area contributed by atoms with E-state index in [0.29, 0.717) is 32.1 Å². The Kier molecular flexibility index (Phi) is 77.0. The number of ether oxygens (including phenoxy) is 4. The van der Waals surface area contributed by atoms with Gasteiger partial charge < -0.3 is 33.8 Å². The van der Waals surface area contributed by atoms with E-state index in [2.05, 4.69) is 88.5 Å². The van der Waals surface area contributed by atoms with Crippen LogP contribution in [0.3, 0.4) is 0 Å². The molecular weight excluding hydrogens is 1380 g/mol. The molecule has 0 aliphatic rings. The number of rotatable bonds is 82. The van der Waals surface area contributed by atoms with Crippen molar-refractivity contribution in [1.82, 2.24) is 0 Å². The Morgan fingerprint density at radius 1 is 0.264 bits per heavy atom. The van der Waals surface area contributed by atoms with Crippen molar-refractivity contribution in [2.75, 3.05) is 39.6 Å². The molecule has 0 amide bonds. The second-order valence-corrected chi connectivity index (χ2v) is 32.0. The van der Waals surface area contributed by atoms with Crippen LogP contribution in [0.2, 0.25) is 0 Å². The number of carbonyl (C=O) groups excluding carboxylic acids is 4. The predicted octanol–water partition coefficient (Wildman–Crippen LogP) is 25.6. The molecule has 0 aliphatic carbocycles. The zero-order chi connectivity index (χ0) is 77.4. The van der Waals surface area contributed by atoms with Gasteiger partial charge in [0.25, 0.3) is 0 Å². The maximum atomic E-state index is 13.1. The minimum Gasteiger partial charge on any atom is -0.462 e. The number of esters is 4. The van der Waals surface area contributed by atoms with Crippen LogP contribution in [0, 0.1) is 0 Å². The van der Waals surface area contributed by atoms with Crippen molar-refractivity contribution in [3.05, 3.63) is 72.9 Å². The average Bonchev–Trinajstić information content (AvgIpc) is 0.905. The van der Waals surface area contributed by atoms with Gasteiger partial charge in [0.1, 0.15) is 19.3 Å². The van der Waals surface area contributed by atoms with E-state index in [1.807, 2.05) is 12.2 Å². The van der Waals surface area contributed by atoms with Gasteiger partial charge in [-0.05, 0) is 96.3 Å². The van der Waals surface area contributed by atoms with Crippen LogP contribution in [-0.2, 0) is 65.4 Å². The van der Waals surface area contributed by atoms with E-state index in [1.54, 1.807) is 0 Å². The molecule has 17 nitrogen and oxygen atoms in total. The van der Waals surface area contributed by atoms with E-state index in [0.717, 1.165) is 122 Å². The SMILES string of the molecule is CCCCC/C=C\C/C=C\C/C=C\C/C=C\CCCC(=O)OC[C@H](COP(=O)(O)OC[C@@H](O)COP(=O)(O)OC[C@@H](COC(=O)CCCCCCC/C=C\C/C=C\CCCCC)OC(=O)CCCCCCCCCCCCCCCCCCC)OC(=O)CCCCCCCCCCCCCCCCCCC. The number of phosphoric acid groups is 2. The van der Waals surface area contributed by atoms with E-state index in [1.165, 1.54) is 193 Å². The van der Waals surface area contributed by atoms with Gasteiger partial charge in [0.15, 0.2) is 12.2 Å². The molecule has 5 atom stereocenters. The second kappa shape index (κ2) is 79.6. The highest BCUT2D eigenvalue weighted by Gasteiger charge is 2.30. The monoisotopic (exact) mass is 1540 g/mol. The van der Waals surface area contributed by atoms with Gasteiger partial charge in [-0.15, -0.1) is 0 Å². The van der Waals surface area contributed by atoms with E-state index >= 15 is 0 Å². The molecule has 19 heteroatoms. The minimum absolute atomic E-state index is 0.0894. The summed E-state index contributed by atoms with van der Waals surface area (Å²) >= 11 is 0. The maximum Gasteiger partial charge on any atom is 0.472 e. The summed E-state index contributed by atoms with van der Waals surface area (Å²) in [6, 6.07) is 0. The molecule has 0 aromatic heterocycles. The molecule has 0 heterocycles. The van der Waals surface area contributed by atoms with Crippen LogP contribution in [0.5, 0.6) is 0 Å². The van der Waals surface area contributed by atoms with E-state index < -0.39 is 97.5 Å². The zero-order valence-corrected chi connectivity index (χ0v) is 69.7. The Balaban J connectivity index is 5.38. The molecule has 0 radical (unpaired) electrons. The summed E-state index contributed by atoms with van der Waals surface area (Å²) in [5, 5.41) is 10.7. The van der Waals surface area contributed by atoms with Gasteiger partial charge in [-0.3, -0.25) is 37.3 Å². The molecular formula is C87H158O17P2. The lowest BCUT2D eigenvalue weighted by atomic mass is 10.0. The lowest BCUT2D eigenvalue weighted by molar-refractivity contribution is -0.161. The minimum atomic E-state index is -4.99. The summed E-state index contributed by atoms with van der Waals surface area (Å²) in [6.45, 7) is 4.85. The maximum absolute atomic E-state index is 13.1. The fourth-order valence-corrected chi connectivity index (χ4v) is 13.6. The second-order valence-electron chi connectivity index (χ2n) is 29.1. The highest BCUT2D eigenvalue weighted by atomic mass is 31.2. The number of aliphatic hydroxyl groups is 1. The van der Waals surface area contributed by atoms with Crippen LogP contribution in [0.4, 0.5) is 0 Å². The van der Waals surface area contributed by atoms with Gasteiger partial charge in [-0.1, -0.05) is 351 Å². The summed E-state index contributed by atoms with van der Waals surface area (Å²) in [4.78, 5) is 73.2. The third kappa shape index (κ3) is 78.6. The lowest BCUT2D eigenvalue weighted by Gasteiger charge is -2.21. The van der Waals surface area contributed by atoms with Crippen molar-refractivity contribution < 1.29 is 80.2 Å². The van der Waals surface area contributed by atoms with Gasteiger partial charge >= 0.3 is 39.5 Å². The summed E-state index contributed by atoms with van der Waals surface area (Å²) in [7, 11) is -9.97. The Morgan fingerprint density at radius 3 is 0.764 bits per heavy atom. The Hall–Kier alpha value is -3.50. The van der Waals surface area contributed by atoms with E-state index in [4.69, 9.17) is 37.0 Å². The highest BCUT2D eigenvalue weighted by molar-refractivity contribution is 7.47. The molecule has 0 aromatic rings. The zero-order valence-electron chi connectivity index (χ0n) is 67.9. The van der Waals surface area contributed by atoms with E-state index in [-0.39, 0.29) is 25.7 Å². The molecule has 2 unspecified atom stereocenters. The quantitative estimate of drug-likeness (QED) is 0.0169. The van der Waals surface area contributed by atoms with Crippen molar-refractivity contribution >= 4 is 39.5 Å². The summed E-state index contributed by atoms with van der Waals surface area (Å²) < 4.78 is 68.8. The number of carbonyl (C=O) groups is 4. The van der Waals surface area contributed by atoms with Gasteiger partial charge in [0.05, 0.1) is 26.4 Å². The lowest BCUT2D eigenvalue weighted by Crippen LogP contribution is -2.30. The third-order valence-corrected chi connectivity index (χ3v) is 20.6. The summed E-state index contributed by atoms with van der Waals surface area (Å²) in [6.07, 6.45) is 82.9. The first kappa shape index (κ1) is 102. The molecule has 0 bridgehead atoms. The number of unbranched alkanes of at least 4 members (excludes halogenated alkanes) is 44. The van der Waals surface area contributed by atoms with Crippen molar-refractivity contribution in [3.8, 4) is 0 Å². The first-order valence-corrected chi connectivity index (χ1v) is 46.2.